The van der Waals surface area contributed by atoms with Crippen molar-refractivity contribution in [2.75, 3.05) is 19.8 Å². The van der Waals surface area contributed by atoms with Gasteiger partial charge < -0.3 is 14.6 Å². The molecule has 14 heavy (non-hydrogen) atoms. The molecule has 84 valence electrons. The van der Waals surface area contributed by atoms with Gasteiger partial charge in [0.05, 0.1) is 18.8 Å². The molecule has 0 radical (unpaired) electrons. The van der Waals surface area contributed by atoms with E-state index in [0.717, 1.165) is 26.1 Å². The number of hydrogen-bond acceptors (Lipinski definition) is 3. The van der Waals surface area contributed by atoms with Crippen molar-refractivity contribution in [3.63, 3.8) is 0 Å². The number of rotatable bonds is 3. The Morgan fingerprint density at radius 1 is 1.36 bits per heavy atom. The lowest BCUT2D eigenvalue weighted by molar-refractivity contribution is -0.0810. The quantitative estimate of drug-likeness (QED) is 0.755. The van der Waals surface area contributed by atoms with E-state index in [9.17, 15) is 5.11 Å². The van der Waals surface area contributed by atoms with E-state index in [1.165, 1.54) is 0 Å². The highest BCUT2D eigenvalue weighted by molar-refractivity contribution is 4.73. The summed E-state index contributed by atoms with van der Waals surface area (Å²) in [5.74, 6) is 0. The molecule has 1 rings (SSSR count). The van der Waals surface area contributed by atoms with E-state index >= 15 is 0 Å². The molecule has 1 aliphatic rings. The Morgan fingerprint density at radius 3 is 2.43 bits per heavy atom. The van der Waals surface area contributed by atoms with Gasteiger partial charge in [-0.25, -0.2) is 0 Å². The van der Waals surface area contributed by atoms with Crippen LogP contribution in [0.4, 0.5) is 0 Å². The fourth-order valence-electron chi connectivity index (χ4n) is 1.32. The zero-order chi connectivity index (χ0) is 10.6. The molecular weight excluding hydrogens is 180 g/mol. The van der Waals surface area contributed by atoms with Gasteiger partial charge in [0.15, 0.2) is 0 Å². The van der Waals surface area contributed by atoms with E-state index in [-0.39, 0.29) is 17.6 Å². The number of aliphatic hydroxyl groups is 1. The van der Waals surface area contributed by atoms with E-state index < -0.39 is 0 Å². The monoisotopic (exact) mass is 202 g/mol. The fourth-order valence-corrected chi connectivity index (χ4v) is 1.32. The summed E-state index contributed by atoms with van der Waals surface area (Å²) in [5.41, 5.74) is -0.0921. The van der Waals surface area contributed by atoms with Crippen molar-refractivity contribution in [3.05, 3.63) is 0 Å². The van der Waals surface area contributed by atoms with Gasteiger partial charge in [-0.3, -0.25) is 0 Å². The Labute approximate surface area is 86.4 Å². The minimum Gasteiger partial charge on any atom is -0.390 e. The van der Waals surface area contributed by atoms with Crippen LogP contribution < -0.4 is 0 Å². The van der Waals surface area contributed by atoms with Gasteiger partial charge in [0.1, 0.15) is 0 Å². The van der Waals surface area contributed by atoms with Gasteiger partial charge in [-0.05, 0) is 18.3 Å². The van der Waals surface area contributed by atoms with Crippen LogP contribution in [-0.4, -0.2) is 37.1 Å². The van der Waals surface area contributed by atoms with E-state index in [0.29, 0.717) is 6.61 Å². The predicted molar refractivity (Wildman–Crippen MR) is 55.3 cm³/mol. The first-order valence-corrected chi connectivity index (χ1v) is 5.37. The summed E-state index contributed by atoms with van der Waals surface area (Å²) >= 11 is 0. The molecule has 0 aliphatic carbocycles. The highest BCUT2D eigenvalue weighted by Gasteiger charge is 2.24. The van der Waals surface area contributed by atoms with Crippen molar-refractivity contribution in [2.24, 2.45) is 5.41 Å². The summed E-state index contributed by atoms with van der Waals surface area (Å²) in [7, 11) is 0. The lowest BCUT2D eigenvalue weighted by Crippen LogP contribution is -2.34. The highest BCUT2D eigenvalue weighted by Crippen LogP contribution is 2.20. The average Bonchev–Trinajstić information content (AvgIpc) is 2.14. The third-order valence-corrected chi connectivity index (χ3v) is 2.66. The first kappa shape index (κ1) is 12.0. The summed E-state index contributed by atoms with van der Waals surface area (Å²) in [6.07, 6.45) is 1.80. The third kappa shape index (κ3) is 3.95. The topological polar surface area (TPSA) is 38.7 Å². The smallest absolute Gasteiger partial charge is 0.0821 e. The average molecular weight is 202 g/mol. The molecular formula is C11H22O3. The molecule has 1 saturated heterocycles. The van der Waals surface area contributed by atoms with Gasteiger partial charge in [-0.2, -0.15) is 0 Å². The maximum atomic E-state index is 9.76. The molecule has 3 heteroatoms. The van der Waals surface area contributed by atoms with Crippen LogP contribution in [0.2, 0.25) is 0 Å². The lowest BCUT2D eigenvalue weighted by Gasteiger charge is -2.29. The van der Waals surface area contributed by atoms with E-state index in [1.807, 2.05) is 20.8 Å². The number of aliphatic hydroxyl groups excluding tert-OH is 1. The summed E-state index contributed by atoms with van der Waals surface area (Å²) in [4.78, 5) is 0. The molecule has 0 bridgehead atoms. The summed E-state index contributed by atoms with van der Waals surface area (Å²) in [6.45, 7) is 8.07. The molecule has 1 N–H and O–H groups in total. The zero-order valence-electron chi connectivity index (χ0n) is 9.45. The second kappa shape index (κ2) is 5.10. The van der Waals surface area contributed by atoms with Crippen LogP contribution in [0.5, 0.6) is 0 Å². The number of hydrogen-bond donors (Lipinski definition) is 1. The maximum Gasteiger partial charge on any atom is 0.0821 e. The van der Waals surface area contributed by atoms with Crippen molar-refractivity contribution in [2.45, 2.75) is 45.8 Å². The fraction of sp³-hybridized carbons (Fsp3) is 1.00. The molecule has 1 atom stereocenters. The van der Waals surface area contributed by atoms with Gasteiger partial charge >= 0.3 is 0 Å². The second-order valence-corrected chi connectivity index (χ2v) is 5.03. The van der Waals surface area contributed by atoms with Gasteiger partial charge in [0.2, 0.25) is 0 Å². The maximum absolute atomic E-state index is 9.76. The molecule has 0 spiro atoms. The minimum absolute atomic E-state index is 0.0921. The first-order chi connectivity index (χ1) is 6.50. The van der Waals surface area contributed by atoms with Gasteiger partial charge in [-0.15, -0.1) is 0 Å². The van der Waals surface area contributed by atoms with Crippen molar-refractivity contribution in [1.29, 1.82) is 0 Å². The Balaban J connectivity index is 2.19. The van der Waals surface area contributed by atoms with Crippen LogP contribution in [0.1, 0.15) is 33.6 Å². The molecule has 0 amide bonds. The Hall–Kier alpha value is -0.120. The first-order valence-electron chi connectivity index (χ1n) is 5.37. The molecule has 0 aromatic heterocycles. The lowest BCUT2D eigenvalue weighted by atomic mass is 9.90. The SMILES string of the molecule is CC(C)(C)C(O)COC1CCOCC1. The minimum atomic E-state index is -0.384. The molecule has 1 unspecified atom stereocenters. The molecule has 3 nitrogen and oxygen atoms in total. The predicted octanol–water partition coefficient (Wildman–Crippen LogP) is 1.59. The van der Waals surface area contributed by atoms with Crippen molar-refractivity contribution >= 4 is 0 Å². The zero-order valence-corrected chi connectivity index (χ0v) is 9.45. The van der Waals surface area contributed by atoms with Crippen molar-refractivity contribution in [3.8, 4) is 0 Å². The molecule has 0 aromatic rings. The van der Waals surface area contributed by atoms with Crippen molar-refractivity contribution < 1.29 is 14.6 Å². The van der Waals surface area contributed by atoms with Crippen LogP contribution in [0.15, 0.2) is 0 Å². The second-order valence-electron chi connectivity index (χ2n) is 5.03. The molecule has 1 aliphatic heterocycles. The standard InChI is InChI=1S/C11H22O3/c1-11(2,3)10(12)8-14-9-4-6-13-7-5-9/h9-10,12H,4-8H2,1-3H3. The largest absolute Gasteiger partial charge is 0.390 e. The Kier molecular flexibility index (Phi) is 4.35. The molecule has 1 fully saturated rings. The Bertz CT molecular complexity index is 156. The van der Waals surface area contributed by atoms with E-state index in [2.05, 4.69) is 0 Å². The van der Waals surface area contributed by atoms with Crippen LogP contribution in [0.25, 0.3) is 0 Å². The van der Waals surface area contributed by atoms with Crippen LogP contribution in [0.3, 0.4) is 0 Å². The van der Waals surface area contributed by atoms with Crippen LogP contribution in [0, 0.1) is 5.41 Å². The normalized spacial score (nSPS) is 22.3. The Morgan fingerprint density at radius 2 is 1.93 bits per heavy atom. The summed E-state index contributed by atoms with van der Waals surface area (Å²) in [6, 6.07) is 0. The highest BCUT2D eigenvalue weighted by atomic mass is 16.5. The van der Waals surface area contributed by atoms with E-state index in [4.69, 9.17) is 9.47 Å². The summed E-state index contributed by atoms with van der Waals surface area (Å²) < 4.78 is 10.9. The molecule has 0 aromatic carbocycles. The molecule has 1 heterocycles. The van der Waals surface area contributed by atoms with Crippen molar-refractivity contribution in [1.82, 2.24) is 0 Å². The van der Waals surface area contributed by atoms with Crippen LogP contribution in [-0.2, 0) is 9.47 Å². The number of ether oxygens (including phenoxy) is 2. The van der Waals surface area contributed by atoms with Gasteiger partial charge in [0, 0.05) is 13.2 Å². The van der Waals surface area contributed by atoms with Crippen LogP contribution >= 0.6 is 0 Å². The molecule has 0 saturated carbocycles. The van der Waals surface area contributed by atoms with Gasteiger partial charge in [0.25, 0.3) is 0 Å². The third-order valence-electron chi connectivity index (χ3n) is 2.66. The van der Waals surface area contributed by atoms with Gasteiger partial charge in [-0.1, -0.05) is 20.8 Å². The summed E-state index contributed by atoms with van der Waals surface area (Å²) in [5, 5.41) is 9.76. The van der Waals surface area contributed by atoms with E-state index in [1.54, 1.807) is 0 Å².